The highest BCUT2D eigenvalue weighted by Crippen LogP contribution is 2.46. The molecule has 19 heavy (non-hydrogen) atoms. The average Bonchev–Trinajstić information content (AvgIpc) is 3.09. The number of carboxylic acid groups (broad SMARTS) is 1. The first-order chi connectivity index (χ1) is 9.20. The Morgan fingerprint density at radius 1 is 1.53 bits per heavy atom. The fourth-order valence-electron chi connectivity index (χ4n) is 2.10. The van der Waals surface area contributed by atoms with Crippen LogP contribution in [-0.2, 0) is 4.79 Å². The first-order valence-electron chi connectivity index (χ1n) is 5.86. The number of carboxylic acids is 1. The number of aliphatic carboxylic acids is 1. The maximum Gasteiger partial charge on any atom is 0.307 e. The highest BCUT2D eigenvalue weighted by Gasteiger charge is 2.47. The van der Waals surface area contributed by atoms with Crippen LogP contribution in [0.3, 0.4) is 0 Å². The molecule has 3 rings (SSSR count). The SMILES string of the molecule is COc1cccc(-n2nnnc2C2CC2C(=O)O)c1. The number of rotatable bonds is 4. The van der Waals surface area contributed by atoms with Crippen molar-refractivity contribution >= 4 is 5.97 Å². The van der Waals surface area contributed by atoms with Gasteiger partial charge in [-0.25, -0.2) is 0 Å². The second-order valence-corrected chi connectivity index (χ2v) is 4.44. The monoisotopic (exact) mass is 260 g/mol. The second kappa shape index (κ2) is 4.34. The van der Waals surface area contributed by atoms with Gasteiger partial charge in [-0.05, 0) is 29.0 Å². The molecule has 0 radical (unpaired) electrons. The van der Waals surface area contributed by atoms with Crippen molar-refractivity contribution in [3.05, 3.63) is 30.1 Å². The fraction of sp³-hybridized carbons (Fsp3) is 0.333. The van der Waals surface area contributed by atoms with E-state index >= 15 is 0 Å². The Morgan fingerprint density at radius 2 is 2.37 bits per heavy atom. The number of hydrogen-bond acceptors (Lipinski definition) is 5. The molecular weight excluding hydrogens is 248 g/mol. The molecule has 1 saturated carbocycles. The van der Waals surface area contributed by atoms with Crippen LogP contribution >= 0.6 is 0 Å². The van der Waals surface area contributed by atoms with E-state index in [0.29, 0.717) is 18.0 Å². The van der Waals surface area contributed by atoms with Gasteiger partial charge >= 0.3 is 5.97 Å². The summed E-state index contributed by atoms with van der Waals surface area (Å²) in [6, 6.07) is 7.31. The molecule has 0 amide bonds. The zero-order valence-electron chi connectivity index (χ0n) is 10.2. The molecule has 98 valence electrons. The average molecular weight is 260 g/mol. The van der Waals surface area contributed by atoms with Crippen LogP contribution in [0, 0.1) is 5.92 Å². The largest absolute Gasteiger partial charge is 0.497 e. The van der Waals surface area contributed by atoms with E-state index in [9.17, 15) is 4.79 Å². The quantitative estimate of drug-likeness (QED) is 0.876. The smallest absolute Gasteiger partial charge is 0.307 e. The number of ether oxygens (including phenoxy) is 1. The summed E-state index contributed by atoms with van der Waals surface area (Å²) < 4.78 is 6.72. The molecule has 1 aromatic heterocycles. The lowest BCUT2D eigenvalue weighted by Gasteiger charge is -2.05. The van der Waals surface area contributed by atoms with Crippen molar-refractivity contribution in [3.8, 4) is 11.4 Å². The van der Waals surface area contributed by atoms with Gasteiger partial charge in [0, 0.05) is 12.0 Å². The van der Waals surface area contributed by atoms with E-state index in [0.717, 1.165) is 5.69 Å². The van der Waals surface area contributed by atoms with Gasteiger partial charge in [0.1, 0.15) is 5.75 Å². The van der Waals surface area contributed by atoms with Gasteiger partial charge in [0.15, 0.2) is 5.82 Å². The lowest BCUT2D eigenvalue weighted by Crippen LogP contribution is -2.05. The molecule has 2 atom stereocenters. The third-order valence-electron chi connectivity index (χ3n) is 3.23. The summed E-state index contributed by atoms with van der Waals surface area (Å²) in [5.74, 6) is -0.00978. The van der Waals surface area contributed by atoms with Crippen molar-refractivity contribution < 1.29 is 14.6 Å². The van der Waals surface area contributed by atoms with Gasteiger partial charge in [-0.15, -0.1) is 5.10 Å². The highest BCUT2D eigenvalue weighted by molar-refractivity contribution is 5.74. The topological polar surface area (TPSA) is 90.1 Å². The van der Waals surface area contributed by atoms with Crippen LogP contribution < -0.4 is 4.74 Å². The number of methoxy groups -OCH3 is 1. The van der Waals surface area contributed by atoms with Crippen molar-refractivity contribution in [3.63, 3.8) is 0 Å². The van der Waals surface area contributed by atoms with Crippen LogP contribution in [0.5, 0.6) is 5.75 Å². The minimum absolute atomic E-state index is 0.112. The summed E-state index contributed by atoms with van der Waals surface area (Å²) >= 11 is 0. The Bertz CT molecular complexity index is 625. The zero-order chi connectivity index (χ0) is 13.4. The minimum Gasteiger partial charge on any atom is -0.497 e. The van der Waals surface area contributed by atoms with Gasteiger partial charge < -0.3 is 9.84 Å². The van der Waals surface area contributed by atoms with E-state index in [-0.39, 0.29) is 11.8 Å². The highest BCUT2D eigenvalue weighted by atomic mass is 16.5. The Kier molecular flexibility index (Phi) is 2.66. The fourth-order valence-corrected chi connectivity index (χ4v) is 2.10. The lowest BCUT2D eigenvalue weighted by molar-refractivity contribution is -0.138. The molecule has 0 saturated heterocycles. The van der Waals surface area contributed by atoms with Crippen molar-refractivity contribution in [1.29, 1.82) is 0 Å². The van der Waals surface area contributed by atoms with Gasteiger partial charge in [-0.1, -0.05) is 6.07 Å². The molecule has 0 aliphatic heterocycles. The van der Waals surface area contributed by atoms with E-state index in [2.05, 4.69) is 15.5 Å². The van der Waals surface area contributed by atoms with Gasteiger partial charge in [-0.3, -0.25) is 4.79 Å². The van der Waals surface area contributed by atoms with Crippen molar-refractivity contribution in [2.45, 2.75) is 12.3 Å². The van der Waals surface area contributed by atoms with Gasteiger partial charge in [-0.2, -0.15) is 4.68 Å². The van der Waals surface area contributed by atoms with E-state index in [1.54, 1.807) is 17.9 Å². The molecule has 7 heteroatoms. The van der Waals surface area contributed by atoms with Gasteiger partial charge in [0.25, 0.3) is 0 Å². The standard InChI is InChI=1S/C12H12N4O3/c1-19-8-4-2-3-7(5-8)16-11(13-14-15-16)9-6-10(9)12(17)18/h2-5,9-10H,6H2,1H3,(H,17,18). The number of nitrogens with zero attached hydrogens (tertiary/aromatic N) is 4. The zero-order valence-corrected chi connectivity index (χ0v) is 10.2. The second-order valence-electron chi connectivity index (χ2n) is 4.44. The Morgan fingerprint density at radius 3 is 3.05 bits per heavy atom. The Balaban J connectivity index is 1.94. The van der Waals surface area contributed by atoms with Crippen molar-refractivity contribution in [2.24, 2.45) is 5.92 Å². The number of hydrogen-bond donors (Lipinski definition) is 1. The van der Waals surface area contributed by atoms with E-state index < -0.39 is 5.97 Å². The van der Waals surface area contributed by atoms with Gasteiger partial charge in [0.2, 0.25) is 0 Å². The van der Waals surface area contributed by atoms with Crippen molar-refractivity contribution in [2.75, 3.05) is 7.11 Å². The number of carbonyl (C=O) groups is 1. The first kappa shape index (κ1) is 11.6. The molecule has 0 bridgehead atoms. The first-order valence-corrected chi connectivity index (χ1v) is 5.86. The van der Waals surface area contributed by atoms with E-state index in [1.165, 1.54) is 0 Å². The van der Waals surface area contributed by atoms with Crippen LogP contribution in [0.4, 0.5) is 0 Å². The number of aromatic nitrogens is 4. The number of tetrazole rings is 1. The molecule has 2 aromatic rings. The maximum atomic E-state index is 10.9. The molecule has 1 N–H and O–H groups in total. The Hall–Kier alpha value is -2.44. The van der Waals surface area contributed by atoms with Crippen LogP contribution in [0.15, 0.2) is 24.3 Å². The predicted molar refractivity (Wildman–Crippen MR) is 64.2 cm³/mol. The van der Waals surface area contributed by atoms with Crippen LogP contribution in [-0.4, -0.2) is 38.4 Å². The third kappa shape index (κ3) is 2.03. The third-order valence-corrected chi connectivity index (χ3v) is 3.23. The summed E-state index contributed by atoms with van der Waals surface area (Å²) in [4.78, 5) is 10.9. The van der Waals surface area contributed by atoms with Crippen LogP contribution in [0.2, 0.25) is 0 Å². The summed E-state index contributed by atoms with van der Waals surface area (Å²) in [7, 11) is 1.58. The van der Waals surface area contributed by atoms with E-state index in [1.807, 2.05) is 18.2 Å². The van der Waals surface area contributed by atoms with Gasteiger partial charge in [0.05, 0.1) is 18.7 Å². The molecule has 7 nitrogen and oxygen atoms in total. The summed E-state index contributed by atoms with van der Waals surface area (Å²) in [5.41, 5.74) is 0.760. The minimum atomic E-state index is -0.801. The maximum absolute atomic E-state index is 10.9. The molecular formula is C12H12N4O3. The molecule has 1 aromatic carbocycles. The summed E-state index contributed by atoms with van der Waals surface area (Å²) in [6.07, 6.45) is 0.583. The lowest BCUT2D eigenvalue weighted by atomic mass is 10.2. The molecule has 0 spiro atoms. The van der Waals surface area contributed by atoms with Crippen LogP contribution in [0.1, 0.15) is 18.2 Å². The van der Waals surface area contributed by atoms with Crippen LogP contribution in [0.25, 0.3) is 5.69 Å². The summed E-state index contributed by atoms with van der Waals surface area (Å²) in [6.45, 7) is 0. The Labute approximate surface area is 108 Å². The van der Waals surface area contributed by atoms with E-state index in [4.69, 9.17) is 9.84 Å². The molecule has 1 aliphatic carbocycles. The molecule has 1 fully saturated rings. The molecule has 1 heterocycles. The summed E-state index contributed by atoms with van der Waals surface area (Å²) in [5, 5.41) is 20.5. The predicted octanol–water partition coefficient (Wildman–Crippen LogP) is 0.859. The normalized spacial score (nSPS) is 21.1. The molecule has 1 aliphatic rings. The molecule has 2 unspecified atom stereocenters. The van der Waals surface area contributed by atoms with Crippen molar-refractivity contribution in [1.82, 2.24) is 20.2 Å². The number of benzene rings is 1.